The number of rotatable bonds is 1. The summed E-state index contributed by atoms with van der Waals surface area (Å²) in [5.74, 6) is 0.0595. The second kappa shape index (κ2) is 5.02. The second-order valence-electron chi connectivity index (χ2n) is 5.20. The highest BCUT2D eigenvalue weighted by molar-refractivity contribution is 9.10. The molecule has 0 saturated carbocycles. The third kappa shape index (κ3) is 2.75. The Morgan fingerprint density at radius 2 is 2.00 bits per heavy atom. The van der Waals surface area contributed by atoms with Crippen molar-refractivity contribution in [2.75, 3.05) is 13.1 Å². The van der Waals surface area contributed by atoms with Crippen molar-refractivity contribution in [3.63, 3.8) is 0 Å². The number of likely N-dealkylation sites (tertiary alicyclic amines) is 1. The third-order valence-electron chi connectivity index (χ3n) is 3.63. The van der Waals surface area contributed by atoms with E-state index in [4.69, 9.17) is 0 Å². The number of aliphatic hydroxyl groups is 1. The van der Waals surface area contributed by atoms with E-state index < -0.39 is 5.60 Å². The van der Waals surface area contributed by atoms with Gasteiger partial charge >= 0.3 is 0 Å². The maximum Gasteiger partial charge on any atom is 0.254 e. The summed E-state index contributed by atoms with van der Waals surface area (Å²) in [7, 11) is 0. The molecule has 1 fully saturated rings. The first-order chi connectivity index (χ1) is 8.41. The predicted molar refractivity (Wildman–Crippen MR) is 74.6 cm³/mol. The van der Waals surface area contributed by atoms with E-state index in [1.807, 2.05) is 36.9 Å². The highest BCUT2D eigenvalue weighted by Gasteiger charge is 2.30. The highest BCUT2D eigenvalue weighted by atomic mass is 79.9. The van der Waals surface area contributed by atoms with Gasteiger partial charge in [0.15, 0.2) is 0 Å². The fourth-order valence-electron chi connectivity index (χ4n) is 2.20. The number of piperidine rings is 1. The Bertz CT molecular complexity index is 461. The molecular formula is C14H18BrNO2. The van der Waals surface area contributed by atoms with Crippen molar-refractivity contribution >= 4 is 21.8 Å². The lowest BCUT2D eigenvalue weighted by atomic mass is 9.93. The van der Waals surface area contributed by atoms with Crippen LogP contribution in [0.4, 0.5) is 0 Å². The predicted octanol–water partition coefficient (Wildman–Crippen LogP) is 2.74. The Hall–Kier alpha value is -0.870. The van der Waals surface area contributed by atoms with Crippen LogP contribution >= 0.6 is 15.9 Å². The quantitative estimate of drug-likeness (QED) is 0.866. The van der Waals surface area contributed by atoms with Crippen LogP contribution in [-0.4, -0.2) is 34.6 Å². The van der Waals surface area contributed by atoms with E-state index >= 15 is 0 Å². The van der Waals surface area contributed by atoms with Gasteiger partial charge in [-0.15, -0.1) is 0 Å². The topological polar surface area (TPSA) is 40.5 Å². The molecule has 18 heavy (non-hydrogen) atoms. The Kier molecular flexibility index (Phi) is 3.78. The first-order valence-electron chi connectivity index (χ1n) is 6.17. The Morgan fingerprint density at radius 3 is 2.61 bits per heavy atom. The number of carbonyl (C=O) groups is 1. The van der Waals surface area contributed by atoms with Gasteiger partial charge in [-0.05, 0) is 44.4 Å². The zero-order valence-corrected chi connectivity index (χ0v) is 12.3. The number of benzene rings is 1. The standard InChI is InChI=1S/C14H18BrNO2/c1-10-11(4-3-5-12(10)15)13(17)16-8-6-14(2,18)7-9-16/h3-5,18H,6-9H2,1-2H3. The van der Waals surface area contributed by atoms with Crippen molar-refractivity contribution in [2.24, 2.45) is 0 Å². The van der Waals surface area contributed by atoms with Gasteiger partial charge in [-0.2, -0.15) is 0 Å². The Morgan fingerprint density at radius 1 is 1.39 bits per heavy atom. The van der Waals surface area contributed by atoms with Crippen LogP contribution in [0.2, 0.25) is 0 Å². The molecule has 0 atom stereocenters. The van der Waals surface area contributed by atoms with Crippen LogP contribution in [0, 0.1) is 6.92 Å². The molecule has 1 aliphatic rings. The molecule has 1 N–H and O–H groups in total. The normalized spacial score (nSPS) is 18.8. The van der Waals surface area contributed by atoms with Gasteiger partial charge in [-0.1, -0.05) is 22.0 Å². The Balaban J connectivity index is 2.15. The number of hydrogen-bond donors (Lipinski definition) is 1. The molecular weight excluding hydrogens is 294 g/mol. The number of nitrogens with zero attached hydrogens (tertiary/aromatic N) is 1. The lowest BCUT2D eigenvalue weighted by molar-refractivity contribution is -0.00204. The SMILES string of the molecule is Cc1c(Br)cccc1C(=O)N1CCC(C)(O)CC1. The van der Waals surface area contributed by atoms with Crippen LogP contribution in [0.1, 0.15) is 35.7 Å². The van der Waals surface area contributed by atoms with Gasteiger partial charge < -0.3 is 10.0 Å². The summed E-state index contributed by atoms with van der Waals surface area (Å²) in [6.07, 6.45) is 1.29. The molecule has 1 heterocycles. The summed E-state index contributed by atoms with van der Waals surface area (Å²) in [4.78, 5) is 14.2. The summed E-state index contributed by atoms with van der Waals surface area (Å²) in [6, 6.07) is 5.67. The van der Waals surface area contributed by atoms with Crippen LogP contribution in [0.15, 0.2) is 22.7 Å². The number of halogens is 1. The molecule has 4 heteroatoms. The van der Waals surface area contributed by atoms with Crippen LogP contribution in [0.5, 0.6) is 0 Å². The molecule has 1 amide bonds. The fraction of sp³-hybridized carbons (Fsp3) is 0.500. The lowest BCUT2D eigenvalue weighted by Crippen LogP contribution is -2.45. The molecule has 0 aliphatic carbocycles. The summed E-state index contributed by atoms with van der Waals surface area (Å²) < 4.78 is 0.956. The zero-order valence-electron chi connectivity index (χ0n) is 10.7. The van der Waals surface area contributed by atoms with Crippen molar-refractivity contribution in [2.45, 2.75) is 32.3 Å². The second-order valence-corrected chi connectivity index (χ2v) is 6.06. The summed E-state index contributed by atoms with van der Waals surface area (Å²) in [5, 5.41) is 9.90. The van der Waals surface area contributed by atoms with Crippen molar-refractivity contribution in [1.29, 1.82) is 0 Å². The molecule has 1 saturated heterocycles. The minimum atomic E-state index is -0.622. The largest absolute Gasteiger partial charge is 0.390 e. The minimum Gasteiger partial charge on any atom is -0.390 e. The van der Waals surface area contributed by atoms with E-state index in [1.54, 1.807) is 0 Å². The summed E-state index contributed by atoms with van der Waals surface area (Å²) in [5.41, 5.74) is 1.09. The monoisotopic (exact) mass is 311 g/mol. The summed E-state index contributed by atoms with van der Waals surface area (Å²) >= 11 is 3.45. The van der Waals surface area contributed by atoms with Crippen LogP contribution in [0.25, 0.3) is 0 Å². The van der Waals surface area contributed by atoms with E-state index in [0.29, 0.717) is 25.9 Å². The third-order valence-corrected chi connectivity index (χ3v) is 4.48. The van der Waals surface area contributed by atoms with E-state index in [2.05, 4.69) is 15.9 Å². The first kappa shape index (κ1) is 13.6. The molecule has 0 aromatic heterocycles. The van der Waals surface area contributed by atoms with Gasteiger partial charge in [0.2, 0.25) is 0 Å². The zero-order chi connectivity index (χ0) is 13.3. The molecule has 1 aromatic rings. The van der Waals surface area contributed by atoms with Gasteiger partial charge in [0, 0.05) is 23.1 Å². The van der Waals surface area contributed by atoms with Crippen LogP contribution < -0.4 is 0 Å². The van der Waals surface area contributed by atoms with Gasteiger partial charge in [0.05, 0.1) is 5.60 Å². The van der Waals surface area contributed by atoms with Gasteiger partial charge in [-0.25, -0.2) is 0 Å². The molecule has 3 nitrogen and oxygen atoms in total. The van der Waals surface area contributed by atoms with E-state index in [0.717, 1.165) is 15.6 Å². The number of hydrogen-bond acceptors (Lipinski definition) is 2. The van der Waals surface area contributed by atoms with E-state index in [1.165, 1.54) is 0 Å². The maximum absolute atomic E-state index is 12.4. The first-order valence-corrected chi connectivity index (χ1v) is 6.97. The molecule has 0 radical (unpaired) electrons. The lowest BCUT2D eigenvalue weighted by Gasteiger charge is -2.36. The van der Waals surface area contributed by atoms with E-state index in [-0.39, 0.29) is 5.91 Å². The average Bonchev–Trinajstić information content (AvgIpc) is 2.32. The summed E-state index contributed by atoms with van der Waals surface area (Å²) in [6.45, 7) is 5.02. The molecule has 98 valence electrons. The van der Waals surface area contributed by atoms with Crippen molar-refractivity contribution in [1.82, 2.24) is 4.90 Å². The van der Waals surface area contributed by atoms with Crippen molar-refractivity contribution in [3.05, 3.63) is 33.8 Å². The van der Waals surface area contributed by atoms with Crippen molar-refractivity contribution < 1.29 is 9.90 Å². The Labute approximate surface area is 116 Å². The molecule has 1 aromatic carbocycles. The molecule has 2 rings (SSSR count). The fourth-order valence-corrected chi connectivity index (χ4v) is 2.57. The minimum absolute atomic E-state index is 0.0595. The van der Waals surface area contributed by atoms with Gasteiger partial charge in [0.1, 0.15) is 0 Å². The molecule has 1 aliphatic heterocycles. The molecule has 0 unspecified atom stereocenters. The number of carbonyl (C=O) groups excluding carboxylic acids is 1. The van der Waals surface area contributed by atoms with Crippen LogP contribution in [-0.2, 0) is 0 Å². The molecule has 0 bridgehead atoms. The average molecular weight is 312 g/mol. The van der Waals surface area contributed by atoms with Gasteiger partial charge in [-0.3, -0.25) is 4.79 Å². The number of amides is 1. The smallest absolute Gasteiger partial charge is 0.254 e. The highest BCUT2D eigenvalue weighted by Crippen LogP contribution is 2.25. The van der Waals surface area contributed by atoms with Crippen LogP contribution in [0.3, 0.4) is 0 Å². The van der Waals surface area contributed by atoms with E-state index in [9.17, 15) is 9.90 Å². The molecule has 0 spiro atoms. The van der Waals surface area contributed by atoms with Crippen molar-refractivity contribution in [3.8, 4) is 0 Å². The van der Waals surface area contributed by atoms with Gasteiger partial charge in [0.25, 0.3) is 5.91 Å². The maximum atomic E-state index is 12.4.